The third kappa shape index (κ3) is 2.98. The molecule has 1 aromatic rings. The Balaban J connectivity index is 1.26. The molecule has 2 heterocycles. The molecule has 1 amide bonds. The molecule has 1 aromatic heterocycles. The van der Waals surface area contributed by atoms with Gasteiger partial charge in [-0.25, -0.2) is 0 Å². The molecule has 1 N–H and O–H groups in total. The molecule has 1 aliphatic heterocycles. The topological polar surface area (TPSA) is 50.2 Å². The largest absolute Gasteiger partial charge is 0.340 e. The smallest absolute Gasteiger partial charge is 0.274 e. The van der Waals surface area contributed by atoms with Crippen molar-refractivity contribution in [3.05, 3.63) is 18.0 Å². The molecular formula is C21H32N4O. The number of piperidine rings is 1. The summed E-state index contributed by atoms with van der Waals surface area (Å²) >= 11 is 0. The van der Waals surface area contributed by atoms with Crippen molar-refractivity contribution in [1.82, 2.24) is 20.0 Å². The minimum atomic E-state index is 0.100. The highest BCUT2D eigenvalue weighted by Crippen LogP contribution is 2.60. The van der Waals surface area contributed by atoms with Gasteiger partial charge in [-0.15, -0.1) is 0 Å². The number of nitrogens with zero attached hydrogens (tertiary/aromatic N) is 3. The summed E-state index contributed by atoms with van der Waals surface area (Å²) < 4.78 is 2.00. The van der Waals surface area contributed by atoms with Gasteiger partial charge in [0.25, 0.3) is 5.91 Å². The first-order valence-electron chi connectivity index (χ1n) is 10.6. The molecule has 5 heteroatoms. The molecule has 142 valence electrons. The normalized spacial score (nSPS) is 38.5. The van der Waals surface area contributed by atoms with Crippen LogP contribution in [-0.2, 0) is 0 Å². The molecule has 0 radical (unpaired) electrons. The number of nitrogens with one attached hydrogen (secondary N) is 1. The lowest BCUT2D eigenvalue weighted by Gasteiger charge is -2.57. The van der Waals surface area contributed by atoms with Crippen LogP contribution in [0.3, 0.4) is 0 Å². The van der Waals surface area contributed by atoms with Crippen LogP contribution in [0.5, 0.6) is 0 Å². The number of rotatable bonds is 4. The Morgan fingerprint density at radius 2 is 1.96 bits per heavy atom. The van der Waals surface area contributed by atoms with Crippen LogP contribution in [0.25, 0.3) is 0 Å². The Kier molecular flexibility index (Phi) is 4.11. The van der Waals surface area contributed by atoms with Crippen LogP contribution in [0, 0.1) is 23.2 Å². The Morgan fingerprint density at radius 1 is 1.27 bits per heavy atom. The highest BCUT2D eigenvalue weighted by atomic mass is 16.2. The SMILES string of the molecule is CN(CC12CC3CC(CC(C3)C1)C2)C(=O)c1ccn(C2CCCNC2)n1. The van der Waals surface area contributed by atoms with Crippen molar-refractivity contribution >= 4 is 5.91 Å². The highest BCUT2D eigenvalue weighted by Gasteiger charge is 2.51. The number of carbonyl (C=O) groups excluding carboxylic acids is 1. The van der Waals surface area contributed by atoms with Gasteiger partial charge < -0.3 is 10.2 Å². The second-order valence-corrected chi connectivity index (χ2v) is 9.76. The van der Waals surface area contributed by atoms with Crippen molar-refractivity contribution < 1.29 is 4.79 Å². The first kappa shape index (κ1) is 16.8. The van der Waals surface area contributed by atoms with E-state index in [9.17, 15) is 4.79 Å². The van der Waals surface area contributed by atoms with Crippen molar-refractivity contribution in [1.29, 1.82) is 0 Å². The molecule has 4 bridgehead atoms. The molecule has 0 spiro atoms. The molecule has 5 nitrogen and oxygen atoms in total. The quantitative estimate of drug-likeness (QED) is 0.902. The number of hydrogen-bond donors (Lipinski definition) is 1. The summed E-state index contributed by atoms with van der Waals surface area (Å²) in [6.07, 6.45) is 12.7. The summed E-state index contributed by atoms with van der Waals surface area (Å²) in [5.41, 5.74) is 1.01. The van der Waals surface area contributed by atoms with Crippen molar-refractivity contribution in [2.75, 3.05) is 26.7 Å². The Morgan fingerprint density at radius 3 is 2.58 bits per heavy atom. The van der Waals surface area contributed by atoms with Crippen molar-refractivity contribution in [3.63, 3.8) is 0 Å². The summed E-state index contributed by atoms with van der Waals surface area (Å²) in [6, 6.07) is 2.30. The summed E-state index contributed by atoms with van der Waals surface area (Å²) in [7, 11) is 1.99. The zero-order valence-corrected chi connectivity index (χ0v) is 16.0. The monoisotopic (exact) mass is 356 g/mol. The predicted octanol–water partition coefficient (Wildman–Crippen LogP) is 3.10. The fraction of sp³-hybridized carbons (Fsp3) is 0.810. The van der Waals surface area contributed by atoms with Gasteiger partial charge in [0, 0.05) is 26.3 Å². The molecule has 1 atom stereocenters. The van der Waals surface area contributed by atoms with Crippen LogP contribution in [0.4, 0.5) is 0 Å². The summed E-state index contributed by atoms with van der Waals surface area (Å²) in [6.45, 7) is 2.98. The van der Waals surface area contributed by atoms with E-state index in [1.54, 1.807) is 0 Å². The van der Waals surface area contributed by atoms with E-state index in [0.29, 0.717) is 17.2 Å². The van der Waals surface area contributed by atoms with E-state index in [1.807, 2.05) is 28.9 Å². The van der Waals surface area contributed by atoms with Gasteiger partial charge in [0.15, 0.2) is 0 Å². The zero-order valence-electron chi connectivity index (χ0n) is 16.0. The van der Waals surface area contributed by atoms with Crippen LogP contribution in [0.2, 0.25) is 0 Å². The summed E-state index contributed by atoms with van der Waals surface area (Å²) in [5.74, 6) is 2.90. The van der Waals surface area contributed by atoms with Gasteiger partial charge in [0.1, 0.15) is 5.69 Å². The first-order chi connectivity index (χ1) is 12.6. The molecule has 1 saturated heterocycles. The van der Waals surface area contributed by atoms with Crippen LogP contribution < -0.4 is 5.32 Å². The van der Waals surface area contributed by atoms with E-state index in [1.165, 1.54) is 44.9 Å². The molecule has 26 heavy (non-hydrogen) atoms. The van der Waals surface area contributed by atoms with Gasteiger partial charge in [0.2, 0.25) is 0 Å². The second kappa shape index (κ2) is 6.36. The Labute approximate surface area is 156 Å². The van der Waals surface area contributed by atoms with Gasteiger partial charge in [-0.05, 0) is 87.1 Å². The van der Waals surface area contributed by atoms with Crippen molar-refractivity contribution in [2.24, 2.45) is 23.2 Å². The fourth-order valence-corrected chi connectivity index (χ4v) is 6.97. The Bertz CT molecular complexity index is 640. The second-order valence-electron chi connectivity index (χ2n) is 9.76. The molecule has 5 fully saturated rings. The average Bonchev–Trinajstić information content (AvgIpc) is 3.10. The van der Waals surface area contributed by atoms with Crippen LogP contribution >= 0.6 is 0 Å². The molecule has 6 rings (SSSR count). The lowest BCUT2D eigenvalue weighted by molar-refractivity contribution is -0.0629. The van der Waals surface area contributed by atoms with Gasteiger partial charge in [-0.3, -0.25) is 9.48 Å². The maximum atomic E-state index is 13.0. The number of amides is 1. The summed E-state index contributed by atoms with van der Waals surface area (Å²) in [5, 5.41) is 8.06. The fourth-order valence-electron chi connectivity index (χ4n) is 6.97. The van der Waals surface area contributed by atoms with Gasteiger partial charge >= 0.3 is 0 Å². The lowest BCUT2D eigenvalue weighted by atomic mass is 9.49. The van der Waals surface area contributed by atoms with Gasteiger partial charge in [-0.2, -0.15) is 5.10 Å². The predicted molar refractivity (Wildman–Crippen MR) is 101 cm³/mol. The van der Waals surface area contributed by atoms with Crippen LogP contribution in [0.15, 0.2) is 12.3 Å². The average molecular weight is 357 g/mol. The van der Waals surface area contributed by atoms with E-state index < -0.39 is 0 Å². The maximum Gasteiger partial charge on any atom is 0.274 e. The standard InChI is InChI=1S/C21H32N4O/c1-24(14-21-10-15-7-16(11-21)9-17(8-15)12-21)20(26)19-4-6-25(23-19)18-3-2-5-22-13-18/h4,6,15-18,22H,2-3,5,7-14H2,1H3. The number of hydrogen-bond acceptors (Lipinski definition) is 3. The first-order valence-corrected chi connectivity index (χ1v) is 10.6. The third-order valence-corrected chi connectivity index (χ3v) is 7.56. The van der Waals surface area contributed by atoms with E-state index in [-0.39, 0.29) is 5.91 Å². The zero-order chi connectivity index (χ0) is 17.7. The van der Waals surface area contributed by atoms with E-state index in [2.05, 4.69) is 10.4 Å². The minimum Gasteiger partial charge on any atom is -0.340 e. The molecular weight excluding hydrogens is 324 g/mol. The molecule has 5 aliphatic rings. The highest BCUT2D eigenvalue weighted by molar-refractivity contribution is 5.92. The van der Waals surface area contributed by atoms with Crippen LogP contribution in [-0.4, -0.2) is 47.3 Å². The third-order valence-electron chi connectivity index (χ3n) is 7.56. The number of aromatic nitrogens is 2. The van der Waals surface area contributed by atoms with Crippen molar-refractivity contribution in [2.45, 2.75) is 57.4 Å². The van der Waals surface area contributed by atoms with E-state index in [4.69, 9.17) is 0 Å². The van der Waals surface area contributed by atoms with Gasteiger partial charge in [0.05, 0.1) is 6.04 Å². The molecule has 4 aliphatic carbocycles. The maximum absolute atomic E-state index is 13.0. The number of carbonyl (C=O) groups is 1. The lowest BCUT2D eigenvalue weighted by Crippen LogP contribution is -2.51. The molecule has 0 aromatic carbocycles. The summed E-state index contributed by atoms with van der Waals surface area (Å²) in [4.78, 5) is 15.0. The minimum absolute atomic E-state index is 0.100. The van der Waals surface area contributed by atoms with Crippen molar-refractivity contribution in [3.8, 4) is 0 Å². The molecule has 1 unspecified atom stereocenters. The van der Waals surface area contributed by atoms with Crippen LogP contribution in [0.1, 0.15) is 67.9 Å². The van der Waals surface area contributed by atoms with Gasteiger partial charge in [-0.1, -0.05) is 0 Å². The Hall–Kier alpha value is -1.36. The van der Waals surface area contributed by atoms with E-state index >= 15 is 0 Å². The molecule has 4 saturated carbocycles. The van der Waals surface area contributed by atoms with E-state index in [0.717, 1.165) is 43.8 Å².